The van der Waals surface area contributed by atoms with Crippen LogP contribution in [-0.4, -0.2) is 32.6 Å². The summed E-state index contributed by atoms with van der Waals surface area (Å²) in [7, 11) is 3.22. The Hall–Kier alpha value is 0.350. The van der Waals surface area contributed by atoms with Gasteiger partial charge in [0.1, 0.15) is 0 Å². The monoisotopic (exact) mass is 178 g/mol. The Morgan fingerprint density at radius 2 is 1.91 bits per heavy atom. The molecule has 0 aromatic rings. The third kappa shape index (κ3) is 4.05. The Bertz CT molecular complexity index is 102. The molecule has 0 saturated carbocycles. The van der Waals surface area contributed by atoms with E-state index < -0.39 is 0 Å². The van der Waals surface area contributed by atoms with E-state index in [-0.39, 0.29) is 13.7 Å². The minimum atomic E-state index is -0.303. The maximum absolute atomic E-state index is 5.40. The fourth-order valence-electron chi connectivity index (χ4n) is 0.856. The Kier molecular flexibility index (Phi) is 5.24. The Balaban J connectivity index is 3.86. The molecule has 2 unspecified atom stereocenters. The largest absolute Gasteiger partial charge is 0.378 e. The predicted molar refractivity (Wildman–Crippen MR) is 50.4 cm³/mol. The Labute approximate surface area is 71.1 Å². The van der Waals surface area contributed by atoms with E-state index in [4.69, 9.17) is 9.26 Å². The molecule has 0 aliphatic heterocycles. The van der Waals surface area contributed by atoms with E-state index in [2.05, 4.69) is 20.5 Å². The second-order valence-corrected chi connectivity index (χ2v) is 4.91. The van der Waals surface area contributed by atoms with Gasteiger partial charge in [0.25, 0.3) is 0 Å². The van der Waals surface area contributed by atoms with E-state index >= 15 is 0 Å². The van der Waals surface area contributed by atoms with Gasteiger partial charge in [0.15, 0.2) is 0 Å². The van der Waals surface area contributed by atoms with E-state index in [0.717, 1.165) is 12.6 Å². The number of ether oxygens (including phenoxy) is 1. The van der Waals surface area contributed by atoms with Crippen molar-refractivity contribution in [3.8, 4) is 0 Å². The standard InChI is InChI=1S/C8H19O2P/c1-6-8(2,9-3)7-11(5)10-4/h6-7H2,1-5H3. The molecule has 0 heterocycles. The van der Waals surface area contributed by atoms with Crippen LogP contribution >= 0.6 is 8.15 Å². The summed E-state index contributed by atoms with van der Waals surface area (Å²) in [5.74, 6) is 0. The van der Waals surface area contributed by atoms with E-state index in [1.54, 1.807) is 14.2 Å². The first-order valence-electron chi connectivity index (χ1n) is 3.88. The fraction of sp³-hybridized carbons (Fsp3) is 1.00. The molecule has 0 rings (SSSR count). The van der Waals surface area contributed by atoms with Crippen LogP contribution in [0.25, 0.3) is 0 Å². The first kappa shape index (κ1) is 11.4. The summed E-state index contributed by atoms with van der Waals surface area (Å²) in [6, 6.07) is 0. The van der Waals surface area contributed by atoms with Crippen LogP contribution in [0.5, 0.6) is 0 Å². The average Bonchev–Trinajstić information content (AvgIpc) is 2.04. The molecular formula is C8H19O2P. The highest BCUT2D eigenvalue weighted by atomic mass is 31.1. The molecule has 0 aliphatic carbocycles. The first-order valence-corrected chi connectivity index (χ1v) is 5.77. The van der Waals surface area contributed by atoms with Crippen molar-refractivity contribution in [3.63, 3.8) is 0 Å². The van der Waals surface area contributed by atoms with Gasteiger partial charge < -0.3 is 9.26 Å². The fourth-order valence-corrected chi connectivity index (χ4v) is 2.28. The van der Waals surface area contributed by atoms with E-state index in [1.807, 2.05) is 0 Å². The highest BCUT2D eigenvalue weighted by Crippen LogP contribution is 2.37. The van der Waals surface area contributed by atoms with Crippen molar-refractivity contribution in [1.29, 1.82) is 0 Å². The van der Waals surface area contributed by atoms with Crippen LogP contribution in [0.4, 0.5) is 0 Å². The van der Waals surface area contributed by atoms with Crippen molar-refractivity contribution in [2.45, 2.75) is 25.9 Å². The van der Waals surface area contributed by atoms with Gasteiger partial charge >= 0.3 is 0 Å². The van der Waals surface area contributed by atoms with Crippen molar-refractivity contribution in [2.24, 2.45) is 0 Å². The molecule has 0 amide bonds. The summed E-state index contributed by atoms with van der Waals surface area (Å²) >= 11 is 0. The van der Waals surface area contributed by atoms with Gasteiger partial charge in [-0.1, -0.05) is 6.92 Å². The molecule has 0 N–H and O–H groups in total. The van der Waals surface area contributed by atoms with E-state index in [1.165, 1.54) is 0 Å². The number of methoxy groups -OCH3 is 1. The molecule has 0 aliphatic rings. The molecule has 0 bridgehead atoms. The van der Waals surface area contributed by atoms with Crippen molar-refractivity contribution >= 4 is 8.15 Å². The maximum atomic E-state index is 5.40. The highest BCUT2D eigenvalue weighted by Gasteiger charge is 2.23. The van der Waals surface area contributed by atoms with Crippen LogP contribution < -0.4 is 0 Å². The predicted octanol–water partition coefficient (Wildman–Crippen LogP) is 2.47. The van der Waals surface area contributed by atoms with Crippen LogP contribution in [0, 0.1) is 0 Å². The van der Waals surface area contributed by atoms with Crippen LogP contribution in [0.2, 0.25) is 0 Å². The van der Waals surface area contributed by atoms with Gasteiger partial charge in [-0.3, -0.25) is 0 Å². The molecule has 0 radical (unpaired) electrons. The second kappa shape index (κ2) is 5.08. The van der Waals surface area contributed by atoms with Gasteiger partial charge in [0.05, 0.1) is 5.60 Å². The van der Waals surface area contributed by atoms with E-state index in [9.17, 15) is 0 Å². The first-order chi connectivity index (χ1) is 5.08. The zero-order chi connectivity index (χ0) is 8.91. The molecule has 0 saturated heterocycles. The topological polar surface area (TPSA) is 18.5 Å². The molecule has 0 aromatic carbocycles. The molecule has 68 valence electrons. The maximum Gasteiger partial charge on any atom is 0.0708 e. The highest BCUT2D eigenvalue weighted by molar-refractivity contribution is 7.51. The van der Waals surface area contributed by atoms with Crippen LogP contribution in [0.3, 0.4) is 0 Å². The molecule has 11 heavy (non-hydrogen) atoms. The summed E-state index contributed by atoms with van der Waals surface area (Å²) in [5.41, 5.74) is 0.0104. The summed E-state index contributed by atoms with van der Waals surface area (Å²) in [5, 5.41) is 0. The minimum absolute atomic E-state index is 0.0104. The summed E-state index contributed by atoms with van der Waals surface area (Å²) in [6.45, 7) is 6.40. The van der Waals surface area contributed by atoms with Gasteiger partial charge in [-0.05, 0) is 20.0 Å². The average molecular weight is 178 g/mol. The Morgan fingerprint density at radius 3 is 2.18 bits per heavy atom. The minimum Gasteiger partial charge on any atom is -0.378 e. The van der Waals surface area contributed by atoms with E-state index in [0.29, 0.717) is 0 Å². The van der Waals surface area contributed by atoms with Crippen LogP contribution in [0.1, 0.15) is 20.3 Å². The lowest BCUT2D eigenvalue weighted by molar-refractivity contribution is 0.0219. The van der Waals surface area contributed by atoms with Gasteiger partial charge in [-0.25, -0.2) is 0 Å². The lowest BCUT2D eigenvalue weighted by Gasteiger charge is -2.28. The van der Waals surface area contributed by atoms with Crippen molar-refractivity contribution in [3.05, 3.63) is 0 Å². The van der Waals surface area contributed by atoms with Crippen molar-refractivity contribution < 1.29 is 9.26 Å². The Morgan fingerprint density at radius 1 is 1.36 bits per heavy atom. The van der Waals surface area contributed by atoms with Crippen molar-refractivity contribution in [2.75, 3.05) is 27.0 Å². The molecule has 3 heteroatoms. The van der Waals surface area contributed by atoms with Crippen LogP contribution in [0.15, 0.2) is 0 Å². The second-order valence-electron chi connectivity index (χ2n) is 2.98. The zero-order valence-electron chi connectivity index (χ0n) is 8.18. The smallest absolute Gasteiger partial charge is 0.0708 e. The lowest BCUT2D eigenvalue weighted by atomic mass is 10.1. The lowest BCUT2D eigenvalue weighted by Crippen LogP contribution is -2.30. The summed E-state index contributed by atoms with van der Waals surface area (Å²) in [4.78, 5) is 0. The molecule has 2 atom stereocenters. The number of rotatable bonds is 5. The van der Waals surface area contributed by atoms with Gasteiger partial charge in [-0.15, -0.1) is 0 Å². The molecule has 0 fully saturated rings. The van der Waals surface area contributed by atoms with Gasteiger partial charge in [0.2, 0.25) is 0 Å². The summed E-state index contributed by atoms with van der Waals surface area (Å²) in [6.07, 6.45) is 2.06. The SMILES string of the molecule is CCC(C)(CP(C)OC)OC. The molecule has 0 spiro atoms. The number of hydrogen-bond acceptors (Lipinski definition) is 2. The molecular weight excluding hydrogens is 159 g/mol. The van der Waals surface area contributed by atoms with Crippen LogP contribution in [-0.2, 0) is 9.26 Å². The third-order valence-corrected chi connectivity index (χ3v) is 3.85. The van der Waals surface area contributed by atoms with Gasteiger partial charge in [-0.2, -0.15) is 0 Å². The quantitative estimate of drug-likeness (QED) is 0.602. The van der Waals surface area contributed by atoms with Crippen molar-refractivity contribution in [1.82, 2.24) is 0 Å². The zero-order valence-corrected chi connectivity index (χ0v) is 9.07. The molecule has 2 nitrogen and oxygen atoms in total. The van der Waals surface area contributed by atoms with Gasteiger partial charge in [0, 0.05) is 28.5 Å². The number of hydrogen-bond donors (Lipinski definition) is 0. The summed E-state index contributed by atoms with van der Waals surface area (Å²) < 4.78 is 10.6. The normalized spacial score (nSPS) is 19.4. The molecule has 0 aromatic heterocycles. The third-order valence-electron chi connectivity index (χ3n) is 2.11.